The molecule has 0 spiro atoms. The molecule has 0 saturated heterocycles. The largest absolute Gasteiger partial charge is 0.352 e. The molecule has 120 valence electrons. The lowest BCUT2D eigenvalue weighted by Gasteiger charge is -2.05. The van der Waals surface area contributed by atoms with E-state index < -0.39 is 0 Å². The molecule has 7 heteroatoms. The highest BCUT2D eigenvalue weighted by Crippen LogP contribution is 2.16. The number of aryl methyl sites for hydroxylation is 1. The van der Waals surface area contributed by atoms with Crippen LogP contribution in [-0.4, -0.2) is 23.5 Å². The van der Waals surface area contributed by atoms with E-state index >= 15 is 0 Å². The number of rotatable bonds is 6. The summed E-state index contributed by atoms with van der Waals surface area (Å²) in [7, 11) is 0. The molecule has 3 amide bonds. The first-order chi connectivity index (χ1) is 11.1. The second-order valence-electron chi connectivity index (χ2n) is 4.86. The standard InChI is InChI=1S/C16H18N4O2S/c1-3-8-17-14(21)9-13-10-23-16(19-13)20-15(22)18-12-6-4-11(2)5-7-12/h3-7,10H,1,8-9H2,2H3,(H,17,21)(H2,18,19,20,22). The maximum Gasteiger partial charge on any atom is 0.325 e. The number of benzene rings is 1. The third kappa shape index (κ3) is 5.55. The summed E-state index contributed by atoms with van der Waals surface area (Å²) in [5.74, 6) is -0.133. The second-order valence-corrected chi connectivity index (χ2v) is 5.72. The number of amides is 3. The van der Waals surface area contributed by atoms with Gasteiger partial charge in [0.15, 0.2) is 5.13 Å². The van der Waals surface area contributed by atoms with Crippen molar-refractivity contribution in [1.29, 1.82) is 0 Å². The monoisotopic (exact) mass is 330 g/mol. The summed E-state index contributed by atoms with van der Waals surface area (Å²) in [4.78, 5) is 27.7. The Hall–Kier alpha value is -2.67. The molecule has 0 fully saturated rings. The van der Waals surface area contributed by atoms with Crippen LogP contribution in [-0.2, 0) is 11.2 Å². The molecule has 1 heterocycles. The molecule has 0 aliphatic heterocycles. The van der Waals surface area contributed by atoms with Crippen LogP contribution in [0.15, 0.2) is 42.3 Å². The van der Waals surface area contributed by atoms with E-state index in [0.717, 1.165) is 5.56 Å². The number of thiazole rings is 1. The Labute approximate surface area is 138 Å². The van der Waals surface area contributed by atoms with Gasteiger partial charge >= 0.3 is 6.03 Å². The molecular weight excluding hydrogens is 312 g/mol. The van der Waals surface area contributed by atoms with Gasteiger partial charge < -0.3 is 10.6 Å². The van der Waals surface area contributed by atoms with Gasteiger partial charge in [0.25, 0.3) is 0 Å². The Morgan fingerprint density at radius 3 is 2.70 bits per heavy atom. The quantitative estimate of drug-likeness (QED) is 0.712. The molecule has 0 aliphatic rings. The number of anilines is 2. The number of hydrogen-bond acceptors (Lipinski definition) is 4. The predicted octanol–water partition coefficient (Wildman–Crippen LogP) is 2.94. The highest BCUT2D eigenvalue weighted by Gasteiger charge is 2.09. The molecule has 0 radical (unpaired) electrons. The van der Waals surface area contributed by atoms with E-state index in [1.165, 1.54) is 11.3 Å². The zero-order chi connectivity index (χ0) is 16.7. The van der Waals surface area contributed by atoms with Crippen molar-refractivity contribution in [3.63, 3.8) is 0 Å². The van der Waals surface area contributed by atoms with Crippen molar-refractivity contribution in [2.75, 3.05) is 17.2 Å². The van der Waals surface area contributed by atoms with Crippen molar-refractivity contribution < 1.29 is 9.59 Å². The van der Waals surface area contributed by atoms with Crippen LogP contribution in [0.4, 0.5) is 15.6 Å². The van der Waals surface area contributed by atoms with Crippen molar-refractivity contribution in [3.05, 3.63) is 53.6 Å². The normalized spacial score (nSPS) is 9.96. The van der Waals surface area contributed by atoms with Gasteiger partial charge in [-0.1, -0.05) is 23.8 Å². The van der Waals surface area contributed by atoms with E-state index in [4.69, 9.17) is 0 Å². The van der Waals surface area contributed by atoms with E-state index in [0.29, 0.717) is 23.1 Å². The average Bonchev–Trinajstić information content (AvgIpc) is 2.94. The Balaban J connectivity index is 1.85. The highest BCUT2D eigenvalue weighted by atomic mass is 32.1. The third-order valence-corrected chi connectivity index (χ3v) is 3.67. The van der Waals surface area contributed by atoms with Crippen molar-refractivity contribution in [3.8, 4) is 0 Å². The van der Waals surface area contributed by atoms with Crippen molar-refractivity contribution in [2.24, 2.45) is 0 Å². The van der Waals surface area contributed by atoms with Crippen molar-refractivity contribution in [2.45, 2.75) is 13.3 Å². The third-order valence-electron chi connectivity index (χ3n) is 2.87. The van der Waals surface area contributed by atoms with Gasteiger partial charge in [-0.25, -0.2) is 9.78 Å². The fourth-order valence-electron chi connectivity index (χ4n) is 1.75. The molecule has 0 bridgehead atoms. The summed E-state index contributed by atoms with van der Waals surface area (Å²) in [6, 6.07) is 7.11. The topological polar surface area (TPSA) is 83.1 Å². The molecule has 0 unspecified atom stereocenters. The van der Waals surface area contributed by atoms with E-state index in [2.05, 4.69) is 27.5 Å². The van der Waals surface area contributed by atoms with Gasteiger partial charge in [0, 0.05) is 17.6 Å². The average molecular weight is 330 g/mol. The number of aromatic nitrogens is 1. The first kappa shape index (κ1) is 16.7. The minimum absolute atomic E-state index is 0.133. The molecule has 6 nitrogen and oxygen atoms in total. The summed E-state index contributed by atoms with van der Waals surface area (Å²) < 4.78 is 0. The van der Waals surface area contributed by atoms with Gasteiger partial charge in [0.2, 0.25) is 5.91 Å². The summed E-state index contributed by atoms with van der Waals surface area (Å²) in [5, 5.41) is 10.2. The maximum absolute atomic E-state index is 11.9. The number of carbonyl (C=O) groups excluding carboxylic acids is 2. The van der Waals surface area contributed by atoms with Crippen LogP contribution in [0.25, 0.3) is 0 Å². The fraction of sp³-hybridized carbons (Fsp3) is 0.188. The summed E-state index contributed by atoms with van der Waals surface area (Å²) in [6.07, 6.45) is 1.78. The molecule has 1 aromatic carbocycles. The van der Waals surface area contributed by atoms with Crippen LogP contribution in [0.3, 0.4) is 0 Å². The molecule has 0 saturated carbocycles. The van der Waals surface area contributed by atoms with Gasteiger partial charge in [-0.3, -0.25) is 10.1 Å². The lowest BCUT2D eigenvalue weighted by Crippen LogP contribution is -2.25. The van der Waals surface area contributed by atoms with Gasteiger partial charge in [0.05, 0.1) is 12.1 Å². The molecule has 0 aliphatic carbocycles. The Morgan fingerprint density at radius 2 is 2.00 bits per heavy atom. The molecule has 23 heavy (non-hydrogen) atoms. The van der Waals surface area contributed by atoms with Crippen molar-refractivity contribution >= 4 is 34.1 Å². The van der Waals surface area contributed by atoms with E-state index in [1.54, 1.807) is 11.5 Å². The predicted molar refractivity (Wildman–Crippen MR) is 92.8 cm³/mol. The molecular formula is C16H18N4O2S. The van der Waals surface area contributed by atoms with Crippen molar-refractivity contribution in [1.82, 2.24) is 10.3 Å². The number of carbonyl (C=O) groups is 2. The second kappa shape index (κ2) is 8.09. The maximum atomic E-state index is 11.9. The molecule has 2 aromatic rings. The lowest BCUT2D eigenvalue weighted by molar-refractivity contribution is -0.120. The number of nitrogens with one attached hydrogen (secondary N) is 3. The fourth-order valence-corrected chi connectivity index (χ4v) is 2.46. The molecule has 3 N–H and O–H groups in total. The summed E-state index contributed by atoms with van der Waals surface area (Å²) >= 11 is 1.27. The zero-order valence-electron chi connectivity index (χ0n) is 12.8. The van der Waals surface area contributed by atoms with Crippen LogP contribution in [0, 0.1) is 6.92 Å². The first-order valence-electron chi connectivity index (χ1n) is 7.03. The number of hydrogen-bond donors (Lipinski definition) is 3. The minimum Gasteiger partial charge on any atom is -0.352 e. The Bertz CT molecular complexity index is 694. The first-order valence-corrected chi connectivity index (χ1v) is 7.91. The van der Waals surface area contributed by atoms with Crippen LogP contribution < -0.4 is 16.0 Å². The van der Waals surface area contributed by atoms with E-state index in [1.807, 2.05) is 31.2 Å². The summed E-state index contributed by atoms with van der Waals surface area (Å²) in [6.45, 7) is 5.93. The summed E-state index contributed by atoms with van der Waals surface area (Å²) in [5.41, 5.74) is 2.44. The van der Waals surface area contributed by atoms with E-state index in [-0.39, 0.29) is 18.4 Å². The molecule has 2 rings (SSSR count). The smallest absolute Gasteiger partial charge is 0.325 e. The van der Waals surface area contributed by atoms with E-state index in [9.17, 15) is 9.59 Å². The van der Waals surface area contributed by atoms with Gasteiger partial charge in [-0.15, -0.1) is 17.9 Å². The highest BCUT2D eigenvalue weighted by molar-refractivity contribution is 7.13. The van der Waals surface area contributed by atoms with Crippen LogP contribution in [0.5, 0.6) is 0 Å². The van der Waals surface area contributed by atoms with Gasteiger partial charge in [0.1, 0.15) is 0 Å². The molecule has 0 atom stereocenters. The number of nitrogens with zero attached hydrogens (tertiary/aromatic N) is 1. The zero-order valence-corrected chi connectivity index (χ0v) is 13.6. The van der Waals surface area contributed by atoms with Gasteiger partial charge in [-0.2, -0.15) is 0 Å². The van der Waals surface area contributed by atoms with Gasteiger partial charge in [-0.05, 0) is 19.1 Å². The Kier molecular flexibility index (Phi) is 5.87. The lowest BCUT2D eigenvalue weighted by atomic mass is 10.2. The minimum atomic E-state index is -0.370. The van der Waals surface area contributed by atoms with Crippen LogP contribution in [0.2, 0.25) is 0 Å². The van der Waals surface area contributed by atoms with Crippen LogP contribution in [0.1, 0.15) is 11.3 Å². The molecule has 1 aromatic heterocycles. The SMILES string of the molecule is C=CCNC(=O)Cc1csc(NC(=O)Nc2ccc(C)cc2)n1. The number of urea groups is 1. The van der Waals surface area contributed by atoms with Crippen LogP contribution >= 0.6 is 11.3 Å². The Morgan fingerprint density at radius 1 is 1.26 bits per heavy atom.